The Morgan fingerprint density at radius 2 is 2.54 bits per heavy atom. The molecule has 0 fully saturated rings. The lowest BCUT2D eigenvalue weighted by molar-refractivity contribution is 0.471. The molecule has 0 aliphatic carbocycles. The fourth-order valence-electron chi connectivity index (χ4n) is 0.785. The Morgan fingerprint density at radius 3 is 3.23 bits per heavy atom. The number of aromatic nitrogens is 1. The summed E-state index contributed by atoms with van der Waals surface area (Å²) in [6.07, 6.45) is 4.80. The smallest absolute Gasteiger partial charge is 0.141 e. The lowest BCUT2D eigenvalue weighted by Crippen LogP contribution is -1.79. The van der Waals surface area contributed by atoms with E-state index in [-0.39, 0.29) is 12.3 Å². The van der Waals surface area contributed by atoms with Crippen molar-refractivity contribution in [3.05, 3.63) is 40.5 Å². The standard InChI is InChI=1S/C8H8N4O/c9-12-11-6-1-3-7-8(13)4-2-5-10-7/h1-5,13H,6H2. The van der Waals surface area contributed by atoms with Crippen LogP contribution in [0.15, 0.2) is 29.5 Å². The minimum atomic E-state index is 0.111. The van der Waals surface area contributed by atoms with Gasteiger partial charge in [-0.15, -0.1) is 0 Å². The predicted octanol–water partition coefficient (Wildman–Crippen LogP) is 2.11. The zero-order valence-electron chi connectivity index (χ0n) is 6.83. The van der Waals surface area contributed by atoms with Crippen LogP contribution < -0.4 is 0 Å². The van der Waals surface area contributed by atoms with Crippen LogP contribution in [0.4, 0.5) is 0 Å². The number of aromatic hydroxyl groups is 1. The van der Waals surface area contributed by atoms with Gasteiger partial charge in [0.05, 0.1) is 0 Å². The van der Waals surface area contributed by atoms with Crippen molar-refractivity contribution in [3.8, 4) is 5.75 Å². The first kappa shape index (κ1) is 9.09. The third kappa shape index (κ3) is 2.84. The van der Waals surface area contributed by atoms with Gasteiger partial charge in [-0.1, -0.05) is 11.2 Å². The average Bonchev–Trinajstić information content (AvgIpc) is 2.15. The van der Waals surface area contributed by atoms with Gasteiger partial charge in [0.2, 0.25) is 0 Å². The first-order valence-corrected chi connectivity index (χ1v) is 3.66. The SMILES string of the molecule is [N-]=[N+]=NCC=Cc1ncccc1O. The molecule has 0 aliphatic rings. The van der Waals surface area contributed by atoms with E-state index in [9.17, 15) is 5.11 Å². The lowest BCUT2D eigenvalue weighted by atomic mass is 10.3. The van der Waals surface area contributed by atoms with Crippen molar-refractivity contribution < 1.29 is 5.11 Å². The van der Waals surface area contributed by atoms with Gasteiger partial charge in [0.1, 0.15) is 11.4 Å². The monoisotopic (exact) mass is 176 g/mol. The first-order valence-electron chi connectivity index (χ1n) is 3.66. The van der Waals surface area contributed by atoms with E-state index in [1.807, 2.05) is 0 Å². The minimum Gasteiger partial charge on any atom is -0.506 e. The molecule has 0 bridgehead atoms. The maximum absolute atomic E-state index is 9.25. The highest BCUT2D eigenvalue weighted by molar-refractivity contribution is 5.51. The molecule has 66 valence electrons. The van der Waals surface area contributed by atoms with Gasteiger partial charge in [0.25, 0.3) is 0 Å². The van der Waals surface area contributed by atoms with Crippen LogP contribution in [0.2, 0.25) is 0 Å². The van der Waals surface area contributed by atoms with E-state index in [1.165, 1.54) is 0 Å². The van der Waals surface area contributed by atoms with Crippen molar-refractivity contribution >= 4 is 6.08 Å². The molecule has 1 aromatic rings. The van der Waals surface area contributed by atoms with E-state index in [0.29, 0.717) is 5.69 Å². The van der Waals surface area contributed by atoms with E-state index >= 15 is 0 Å². The Balaban J connectivity index is 2.68. The Labute approximate surface area is 75.0 Å². The second-order valence-electron chi connectivity index (χ2n) is 2.22. The number of nitrogens with zero attached hydrogens (tertiary/aromatic N) is 4. The summed E-state index contributed by atoms with van der Waals surface area (Å²) in [7, 11) is 0. The third-order valence-electron chi connectivity index (χ3n) is 1.34. The van der Waals surface area contributed by atoms with Crippen molar-refractivity contribution in [2.45, 2.75) is 0 Å². The van der Waals surface area contributed by atoms with E-state index in [1.54, 1.807) is 30.5 Å². The second kappa shape index (κ2) is 4.79. The molecule has 0 atom stereocenters. The maximum Gasteiger partial charge on any atom is 0.141 e. The molecular formula is C8H8N4O. The van der Waals surface area contributed by atoms with E-state index in [2.05, 4.69) is 15.0 Å². The van der Waals surface area contributed by atoms with Gasteiger partial charge in [0, 0.05) is 17.7 Å². The largest absolute Gasteiger partial charge is 0.506 e. The molecular weight excluding hydrogens is 168 g/mol. The van der Waals surface area contributed by atoms with Gasteiger partial charge in [0.15, 0.2) is 0 Å². The minimum absolute atomic E-state index is 0.111. The fourth-order valence-corrected chi connectivity index (χ4v) is 0.785. The summed E-state index contributed by atoms with van der Waals surface area (Å²) in [4.78, 5) is 6.48. The summed E-state index contributed by atoms with van der Waals surface area (Å²) in [6, 6.07) is 3.18. The molecule has 1 rings (SSSR count). The van der Waals surface area contributed by atoms with Crippen LogP contribution in [-0.4, -0.2) is 16.6 Å². The highest BCUT2D eigenvalue weighted by Crippen LogP contribution is 2.13. The predicted molar refractivity (Wildman–Crippen MR) is 48.9 cm³/mol. The van der Waals surface area contributed by atoms with Crippen molar-refractivity contribution in [1.29, 1.82) is 0 Å². The number of pyridine rings is 1. The Morgan fingerprint density at radius 1 is 1.69 bits per heavy atom. The van der Waals surface area contributed by atoms with Crippen LogP contribution in [0.1, 0.15) is 5.69 Å². The van der Waals surface area contributed by atoms with Crippen LogP contribution in [0.3, 0.4) is 0 Å². The maximum atomic E-state index is 9.25. The number of azide groups is 1. The molecule has 0 amide bonds. The zero-order chi connectivity index (χ0) is 9.52. The van der Waals surface area contributed by atoms with Crippen molar-refractivity contribution in [2.24, 2.45) is 5.11 Å². The summed E-state index contributed by atoms with van der Waals surface area (Å²) in [5, 5.41) is 12.6. The molecule has 0 aliphatic heterocycles. The van der Waals surface area contributed by atoms with Gasteiger partial charge in [-0.25, -0.2) is 0 Å². The fraction of sp³-hybridized carbons (Fsp3) is 0.125. The quantitative estimate of drug-likeness (QED) is 0.434. The van der Waals surface area contributed by atoms with Crippen LogP contribution in [0, 0.1) is 0 Å². The molecule has 0 unspecified atom stereocenters. The molecule has 5 heteroatoms. The molecule has 5 nitrogen and oxygen atoms in total. The summed E-state index contributed by atoms with van der Waals surface area (Å²) in [5.41, 5.74) is 8.45. The number of hydrogen-bond acceptors (Lipinski definition) is 3. The number of rotatable bonds is 3. The van der Waals surface area contributed by atoms with Gasteiger partial charge in [-0.2, -0.15) is 0 Å². The highest BCUT2D eigenvalue weighted by Gasteiger charge is 1.93. The molecule has 0 saturated heterocycles. The summed E-state index contributed by atoms with van der Waals surface area (Å²) < 4.78 is 0. The normalized spacial score (nSPS) is 9.85. The summed E-state index contributed by atoms with van der Waals surface area (Å²) in [5.74, 6) is 0.111. The zero-order valence-corrected chi connectivity index (χ0v) is 6.83. The molecule has 0 spiro atoms. The molecule has 13 heavy (non-hydrogen) atoms. The molecule has 0 saturated carbocycles. The number of hydrogen-bond donors (Lipinski definition) is 1. The summed E-state index contributed by atoms with van der Waals surface area (Å²) >= 11 is 0. The topological polar surface area (TPSA) is 81.9 Å². The molecule has 1 heterocycles. The molecule has 1 N–H and O–H groups in total. The van der Waals surface area contributed by atoms with Crippen LogP contribution in [0.25, 0.3) is 16.5 Å². The Bertz CT molecular complexity index is 355. The van der Waals surface area contributed by atoms with E-state index in [0.717, 1.165) is 0 Å². The first-order chi connectivity index (χ1) is 6.34. The van der Waals surface area contributed by atoms with Gasteiger partial charge < -0.3 is 5.11 Å². The Kier molecular flexibility index (Phi) is 3.35. The second-order valence-corrected chi connectivity index (χ2v) is 2.22. The van der Waals surface area contributed by atoms with Crippen LogP contribution in [-0.2, 0) is 0 Å². The van der Waals surface area contributed by atoms with Crippen LogP contribution in [0.5, 0.6) is 5.75 Å². The molecule has 0 radical (unpaired) electrons. The summed E-state index contributed by atoms with van der Waals surface area (Å²) in [6.45, 7) is 0.256. The molecule has 1 aromatic heterocycles. The van der Waals surface area contributed by atoms with E-state index in [4.69, 9.17) is 5.53 Å². The van der Waals surface area contributed by atoms with Crippen molar-refractivity contribution in [1.82, 2.24) is 4.98 Å². The molecule has 0 aromatic carbocycles. The highest BCUT2D eigenvalue weighted by atomic mass is 16.3. The van der Waals surface area contributed by atoms with Gasteiger partial charge in [-0.3, -0.25) is 4.98 Å². The van der Waals surface area contributed by atoms with Crippen molar-refractivity contribution in [2.75, 3.05) is 6.54 Å². The Hall–Kier alpha value is -2.00. The third-order valence-corrected chi connectivity index (χ3v) is 1.34. The van der Waals surface area contributed by atoms with Gasteiger partial charge >= 0.3 is 0 Å². The van der Waals surface area contributed by atoms with Crippen molar-refractivity contribution in [3.63, 3.8) is 0 Å². The lowest BCUT2D eigenvalue weighted by Gasteiger charge is -1.94. The van der Waals surface area contributed by atoms with E-state index < -0.39 is 0 Å². The average molecular weight is 176 g/mol. The van der Waals surface area contributed by atoms with Crippen LogP contribution >= 0.6 is 0 Å². The van der Waals surface area contributed by atoms with Gasteiger partial charge in [-0.05, 0) is 23.7 Å².